The average molecular weight is 296 g/mol. The van der Waals surface area contributed by atoms with E-state index in [1.165, 1.54) is 12.1 Å². The molecular weight excluding hydrogens is 283 g/mol. The standard InChI is InChI=1S/C17H13FN2O2/c18-13-3-1-2-12(10-13)17(8-9-17)16-19-15(20-22-16)11-4-6-14(21)7-5-11/h1-7,10,21H,8-9H2. The fourth-order valence-electron chi connectivity index (χ4n) is 2.68. The van der Waals surface area contributed by atoms with Crippen LogP contribution in [0.15, 0.2) is 53.1 Å². The topological polar surface area (TPSA) is 59.2 Å². The van der Waals surface area contributed by atoms with E-state index in [-0.39, 0.29) is 17.0 Å². The maximum atomic E-state index is 13.5. The Morgan fingerprint density at radius 3 is 2.55 bits per heavy atom. The first kappa shape index (κ1) is 13.0. The van der Waals surface area contributed by atoms with Gasteiger partial charge in [0.1, 0.15) is 11.6 Å². The highest BCUT2D eigenvalue weighted by molar-refractivity contribution is 5.56. The van der Waals surface area contributed by atoms with Crippen LogP contribution >= 0.6 is 0 Å². The number of rotatable bonds is 3. The van der Waals surface area contributed by atoms with Crippen LogP contribution in [0.4, 0.5) is 4.39 Å². The lowest BCUT2D eigenvalue weighted by atomic mass is 9.96. The first-order valence-corrected chi connectivity index (χ1v) is 7.07. The predicted molar refractivity (Wildman–Crippen MR) is 77.8 cm³/mol. The molecular formula is C17H13FN2O2. The lowest BCUT2D eigenvalue weighted by Crippen LogP contribution is -2.09. The quantitative estimate of drug-likeness (QED) is 0.801. The van der Waals surface area contributed by atoms with Gasteiger partial charge >= 0.3 is 0 Å². The van der Waals surface area contributed by atoms with Gasteiger partial charge in [0.15, 0.2) is 0 Å². The van der Waals surface area contributed by atoms with Gasteiger partial charge in [-0.1, -0.05) is 17.3 Å². The molecule has 4 rings (SSSR count). The molecule has 3 aromatic rings. The first-order valence-electron chi connectivity index (χ1n) is 7.07. The molecule has 0 amide bonds. The number of phenols is 1. The van der Waals surface area contributed by atoms with Crippen LogP contribution in [0, 0.1) is 5.82 Å². The number of hydrogen-bond acceptors (Lipinski definition) is 4. The SMILES string of the molecule is Oc1ccc(-c2noc(C3(c4cccc(F)c4)CC3)n2)cc1. The van der Waals surface area contributed by atoms with Crippen LogP contribution in [0.25, 0.3) is 11.4 Å². The van der Waals surface area contributed by atoms with E-state index in [0.717, 1.165) is 24.0 Å². The van der Waals surface area contributed by atoms with Gasteiger partial charge in [0.25, 0.3) is 0 Å². The minimum Gasteiger partial charge on any atom is -0.508 e. The Labute approximate surface area is 126 Å². The third kappa shape index (κ3) is 2.06. The molecule has 0 unspecified atom stereocenters. The molecule has 0 spiro atoms. The second-order valence-corrected chi connectivity index (χ2v) is 5.56. The molecule has 0 saturated heterocycles. The van der Waals surface area contributed by atoms with Crippen molar-refractivity contribution in [2.45, 2.75) is 18.3 Å². The average Bonchev–Trinajstić information content (AvgIpc) is 3.19. The van der Waals surface area contributed by atoms with E-state index in [4.69, 9.17) is 4.52 Å². The highest BCUT2D eigenvalue weighted by atomic mass is 19.1. The van der Waals surface area contributed by atoms with Crippen LogP contribution in [-0.2, 0) is 5.41 Å². The molecule has 0 atom stereocenters. The zero-order chi connectivity index (χ0) is 15.2. The van der Waals surface area contributed by atoms with Gasteiger partial charge in [-0.25, -0.2) is 4.39 Å². The highest BCUT2D eigenvalue weighted by Gasteiger charge is 2.51. The summed E-state index contributed by atoms with van der Waals surface area (Å²) in [7, 11) is 0. The summed E-state index contributed by atoms with van der Waals surface area (Å²) in [5.41, 5.74) is 1.28. The van der Waals surface area contributed by atoms with E-state index in [0.29, 0.717) is 11.7 Å². The van der Waals surface area contributed by atoms with Crippen LogP contribution in [0.2, 0.25) is 0 Å². The molecule has 4 nitrogen and oxygen atoms in total. The second kappa shape index (κ2) is 4.66. The summed E-state index contributed by atoms with van der Waals surface area (Å²) in [6.45, 7) is 0. The Hall–Kier alpha value is -2.69. The van der Waals surface area contributed by atoms with Crippen molar-refractivity contribution in [2.75, 3.05) is 0 Å². The number of aromatic hydroxyl groups is 1. The van der Waals surface area contributed by atoms with Crippen molar-refractivity contribution in [3.8, 4) is 17.1 Å². The number of nitrogens with zero attached hydrogens (tertiary/aromatic N) is 2. The molecule has 110 valence electrons. The van der Waals surface area contributed by atoms with Crippen molar-refractivity contribution in [1.29, 1.82) is 0 Å². The van der Waals surface area contributed by atoms with Gasteiger partial charge in [0, 0.05) is 5.56 Å². The van der Waals surface area contributed by atoms with Crippen LogP contribution in [-0.4, -0.2) is 15.2 Å². The van der Waals surface area contributed by atoms with E-state index >= 15 is 0 Å². The Morgan fingerprint density at radius 1 is 1.09 bits per heavy atom. The van der Waals surface area contributed by atoms with Crippen LogP contribution in [0.5, 0.6) is 5.75 Å². The van der Waals surface area contributed by atoms with Gasteiger partial charge in [0.2, 0.25) is 11.7 Å². The summed E-state index contributed by atoms with van der Waals surface area (Å²) >= 11 is 0. The highest BCUT2D eigenvalue weighted by Crippen LogP contribution is 2.53. The van der Waals surface area contributed by atoms with Gasteiger partial charge < -0.3 is 9.63 Å². The van der Waals surface area contributed by atoms with Gasteiger partial charge in [0.05, 0.1) is 5.41 Å². The molecule has 22 heavy (non-hydrogen) atoms. The molecule has 1 fully saturated rings. The minimum absolute atomic E-state index is 0.186. The maximum Gasteiger partial charge on any atom is 0.237 e. The van der Waals surface area contributed by atoms with Crippen LogP contribution in [0.1, 0.15) is 24.3 Å². The van der Waals surface area contributed by atoms with E-state index < -0.39 is 0 Å². The second-order valence-electron chi connectivity index (χ2n) is 5.56. The van der Waals surface area contributed by atoms with Crippen molar-refractivity contribution in [1.82, 2.24) is 10.1 Å². The van der Waals surface area contributed by atoms with Crippen molar-refractivity contribution in [3.05, 3.63) is 65.8 Å². The van der Waals surface area contributed by atoms with E-state index in [1.807, 2.05) is 6.07 Å². The normalized spacial score (nSPS) is 15.7. The lowest BCUT2D eigenvalue weighted by molar-refractivity contribution is 0.360. The summed E-state index contributed by atoms with van der Waals surface area (Å²) < 4.78 is 18.9. The molecule has 0 aliphatic heterocycles. The number of phenolic OH excluding ortho intramolecular Hbond substituents is 1. The van der Waals surface area contributed by atoms with E-state index in [1.54, 1.807) is 30.3 Å². The lowest BCUT2D eigenvalue weighted by Gasteiger charge is -2.10. The summed E-state index contributed by atoms with van der Waals surface area (Å²) in [5, 5.41) is 13.3. The molecule has 1 aliphatic rings. The summed E-state index contributed by atoms with van der Waals surface area (Å²) in [6, 6.07) is 13.1. The van der Waals surface area contributed by atoms with E-state index in [9.17, 15) is 9.50 Å². The van der Waals surface area contributed by atoms with Gasteiger partial charge in [-0.05, 0) is 54.8 Å². The largest absolute Gasteiger partial charge is 0.508 e. The fraction of sp³-hybridized carbons (Fsp3) is 0.176. The summed E-state index contributed by atoms with van der Waals surface area (Å²) in [6.07, 6.45) is 1.74. The molecule has 0 bridgehead atoms. The number of benzene rings is 2. The molecule has 1 aliphatic carbocycles. The number of aromatic nitrogens is 2. The van der Waals surface area contributed by atoms with Crippen molar-refractivity contribution < 1.29 is 14.0 Å². The zero-order valence-electron chi connectivity index (χ0n) is 11.7. The molecule has 1 N–H and O–H groups in total. The monoisotopic (exact) mass is 296 g/mol. The third-order valence-electron chi connectivity index (χ3n) is 4.09. The molecule has 1 heterocycles. The Morgan fingerprint density at radius 2 is 1.86 bits per heavy atom. The summed E-state index contributed by atoms with van der Waals surface area (Å²) in [5.74, 6) is 0.909. The molecule has 1 aromatic heterocycles. The minimum atomic E-state index is -0.357. The van der Waals surface area contributed by atoms with Gasteiger partial charge in [-0.3, -0.25) is 0 Å². The molecule has 2 aromatic carbocycles. The smallest absolute Gasteiger partial charge is 0.237 e. The first-order chi connectivity index (χ1) is 10.7. The number of hydrogen-bond donors (Lipinski definition) is 1. The van der Waals surface area contributed by atoms with Crippen LogP contribution < -0.4 is 0 Å². The summed E-state index contributed by atoms with van der Waals surface area (Å²) in [4.78, 5) is 4.47. The molecule has 5 heteroatoms. The fourth-order valence-corrected chi connectivity index (χ4v) is 2.68. The van der Waals surface area contributed by atoms with E-state index in [2.05, 4.69) is 10.1 Å². The molecule has 1 saturated carbocycles. The predicted octanol–water partition coefficient (Wildman–Crippen LogP) is 3.66. The van der Waals surface area contributed by atoms with Crippen LogP contribution in [0.3, 0.4) is 0 Å². The van der Waals surface area contributed by atoms with Gasteiger partial charge in [-0.2, -0.15) is 4.98 Å². The van der Waals surface area contributed by atoms with Crippen molar-refractivity contribution in [3.63, 3.8) is 0 Å². The Balaban J connectivity index is 1.71. The third-order valence-corrected chi connectivity index (χ3v) is 4.09. The van der Waals surface area contributed by atoms with Crippen molar-refractivity contribution in [2.24, 2.45) is 0 Å². The van der Waals surface area contributed by atoms with Gasteiger partial charge in [-0.15, -0.1) is 0 Å². The zero-order valence-corrected chi connectivity index (χ0v) is 11.7. The van der Waals surface area contributed by atoms with Crippen molar-refractivity contribution >= 4 is 0 Å². The number of halogens is 1. The molecule has 0 radical (unpaired) electrons. The maximum absolute atomic E-state index is 13.5. The Bertz CT molecular complexity index is 823. The Kier molecular flexibility index (Phi) is 2.76.